The van der Waals surface area contributed by atoms with Gasteiger partial charge in [-0.05, 0) is 31.3 Å². The average Bonchev–Trinajstić information content (AvgIpc) is 2.69. The number of aldehydes is 1. The van der Waals surface area contributed by atoms with E-state index < -0.39 is 12.0 Å². The van der Waals surface area contributed by atoms with Crippen molar-refractivity contribution < 1.29 is 24.6 Å². The van der Waals surface area contributed by atoms with E-state index >= 15 is 0 Å². The molecule has 0 heterocycles. The second kappa shape index (κ2) is 16.4. The number of rotatable bonds is 6. The van der Waals surface area contributed by atoms with E-state index in [1.807, 2.05) is 0 Å². The summed E-state index contributed by atoms with van der Waals surface area (Å²) in [5.74, 6) is -1.27. The molecule has 1 aliphatic carbocycles. The normalized spacial score (nSPS) is 13.7. The van der Waals surface area contributed by atoms with Crippen LogP contribution in [-0.4, -0.2) is 54.6 Å². The number of carboxylic acids is 1. The molecule has 1 saturated carbocycles. The molecule has 0 saturated heterocycles. The Morgan fingerprint density at radius 3 is 1.89 bits per heavy atom. The van der Waals surface area contributed by atoms with Crippen LogP contribution in [0.15, 0.2) is 28.7 Å². The lowest BCUT2D eigenvalue weighted by Crippen LogP contribution is -2.36. The van der Waals surface area contributed by atoms with Gasteiger partial charge in [0.15, 0.2) is 0 Å². The summed E-state index contributed by atoms with van der Waals surface area (Å²) < 4.78 is 0.916. The predicted molar refractivity (Wildman–Crippen MR) is 108 cm³/mol. The first-order valence-electron chi connectivity index (χ1n) is 8.94. The Hall–Kier alpha value is -1.77. The van der Waals surface area contributed by atoms with Crippen LogP contribution in [0.2, 0.25) is 0 Å². The molecule has 0 bridgehead atoms. The standard InChI is InChI=1S/C9H8BrNO2.C6H12.C4H9NO3/c10-8-3-1-7(2-4-8)9(13)11-5-6-12;1-2-4-6-5-3-1;1-5-3(2-6)4(7)8/h1-4,6H,5H2,(H,11,13);1-6H2;3,5-6H,2H2,1H3,(H,7,8). The molecular weight excluding hydrogens is 416 g/mol. The molecule has 1 atom stereocenters. The maximum Gasteiger partial charge on any atom is 0.323 e. The molecule has 1 aromatic rings. The third-order valence-electron chi connectivity index (χ3n) is 3.78. The van der Waals surface area contributed by atoms with Crippen molar-refractivity contribution in [3.63, 3.8) is 0 Å². The largest absolute Gasteiger partial charge is 0.480 e. The van der Waals surface area contributed by atoms with Crippen molar-refractivity contribution >= 4 is 34.1 Å². The number of aliphatic carboxylic acids is 1. The van der Waals surface area contributed by atoms with E-state index in [4.69, 9.17) is 10.2 Å². The second-order valence-corrected chi connectivity index (χ2v) is 6.78. The summed E-state index contributed by atoms with van der Waals surface area (Å²) in [5.41, 5.74) is 0.546. The minimum atomic E-state index is -1.03. The summed E-state index contributed by atoms with van der Waals surface area (Å²) in [6, 6.07) is 6.09. The molecular formula is C19H29BrN2O5. The number of carboxylic acid groups (broad SMARTS) is 1. The van der Waals surface area contributed by atoms with E-state index in [0.717, 1.165) is 4.47 Å². The Kier molecular flexibility index (Phi) is 15.3. The van der Waals surface area contributed by atoms with Gasteiger partial charge in [-0.15, -0.1) is 0 Å². The third kappa shape index (κ3) is 13.1. The summed E-state index contributed by atoms with van der Waals surface area (Å²) in [7, 11) is 1.48. The fraction of sp³-hybridized carbons (Fsp3) is 0.526. The van der Waals surface area contributed by atoms with Crippen molar-refractivity contribution in [3.05, 3.63) is 34.3 Å². The molecule has 0 radical (unpaired) electrons. The molecule has 0 spiro atoms. The molecule has 1 aliphatic rings. The molecule has 1 aromatic carbocycles. The topological polar surface area (TPSA) is 116 Å². The van der Waals surface area contributed by atoms with Gasteiger partial charge < -0.3 is 25.6 Å². The molecule has 4 N–H and O–H groups in total. The van der Waals surface area contributed by atoms with Crippen LogP contribution in [0.1, 0.15) is 48.9 Å². The van der Waals surface area contributed by atoms with Crippen LogP contribution in [-0.2, 0) is 9.59 Å². The smallest absolute Gasteiger partial charge is 0.323 e. The highest BCUT2D eigenvalue weighted by atomic mass is 79.9. The van der Waals surface area contributed by atoms with Crippen molar-refractivity contribution in [2.75, 3.05) is 20.2 Å². The summed E-state index contributed by atoms with van der Waals surface area (Å²) in [4.78, 5) is 31.1. The number of aliphatic hydroxyl groups excluding tert-OH is 1. The van der Waals surface area contributed by atoms with Gasteiger partial charge in [0, 0.05) is 10.0 Å². The van der Waals surface area contributed by atoms with Gasteiger partial charge in [0.1, 0.15) is 12.3 Å². The van der Waals surface area contributed by atoms with Gasteiger partial charge in [-0.25, -0.2) is 0 Å². The predicted octanol–water partition coefficient (Wildman–Crippen LogP) is 2.37. The fourth-order valence-electron chi connectivity index (χ4n) is 2.19. The number of amides is 1. The number of hydrogen-bond acceptors (Lipinski definition) is 5. The quantitative estimate of drug-likeness (QED) is 0.500. The van der Waals surface area contributed by atoms with Crippen LogP contribution in [0.4, 0.5) is 0 Å². The molecule has 7 nitrogen and oxygen atoms in total. The van der Waals surface area contributed by atoms with Crippen LogP contribution >= 0.6 is 15.9 Å². The van der Waals surface area contributed by atoms with Crippen LogP contribution in [0.3, 0.4) is 0 Å². The summed E-state index contributed by atoms with van der Waals surface area (Å²) >= 11 is 3.26. The van der Waals surface area contributed by atoms with Crippen molar-refractivity contribution in [3.8, 4) is 0 Å². The van der Waals surface area contributed by atoms with Crippen LogP contribution in [0.5, 0.6) is 0 Å². The number of carbonyl (C=O) groups excluding carboxylic acids is 2. The molecule has 0 aromatic heterocycles. The molecule has 8 heteroatoms. The van der Waals surface area contributed by atoms with Crippen LogP contribution in [0.25, 0.3) is 0 Å². The van der Waals surface area contributed by atoms with Gasteiger partial charge >= 0.3 is 5.97 Å². The number of likely N-dealkylation sites (N-methyl/N-ethyl adjacent to an activating group) is 1. The Bertz CT molecular complexity index is 532. The minimum absolute atomic E-state index is 0.0505. The molecule has 2 rings (SSSR count). The monoisotopic (exact) mass is 444 g/mol. The van der Waals surface area contributed by atoms with Gasteiger partial charge in [0.25, 0.3) is 5.91 Å². The number of hydrogen-bond donors (Lipinski definition) is 4. The zero-order chi connectivity index (χ0) is 20.5. The molecule has 1 amide bonds. The summed E-state index contributed by atoms with van der Waals surface area (Å²) in [6.07, 6.45) is 9.65. The number of nitrogens with one attached hydrogen (secondary N) is 2. The molecule has 0 aliphatic heterocycles. The second-order valence-electron chi connectivity index (χ2n) is 5.87. The van der Waals surface area contributed by atoms with Crippen LogP contribution < -0.4 is 10.6 Å². The maximum atomic E-state index is 11.2. The Morgan fingerprint density at radius 1 is 1.11 bits per heavy atom. The molecule has 1 unspecified atom stereocenters. The first kappa shape index (κ1) is 25.2. The van der Waals surface area contributed by atoms with E-state index in [1.165, 1.54) is 45.6 Å². The maximum absolute atomic E-state index is 11.2. The Morgan fingerprint density at radius 2 is 1.59 bits per heavy atom. The van der Waals surface area contributed by atoms with Gasteiger partial charge in [-0.2, -0.15) is 0 Å². The van der Waals surface area contributed by atoms with Crippen LogP contribution in [0, 0.1) is 0 Å². The third-order valence-corrected chi connectivity index (χ3v) is 4.31. The Labute approximate surface area is 168 Å². The van der Waals surface area contributed by atoms with E-state index in [-0.39, 0.29) is 19.1 Å². The SMILES string of the molecule is C1CCCCC1.CNC(CO)C(=O)O.O=CCNC(=O)c1ccc(Br)cc1. The van der Waals surface area contributed by atoms with Gasteiger partial charge in [0.2, 0.25) is 0 Å². The van der Waals surface area contributed by atoms with E-state index in [1.54, 1.807) is 24.3 Å². The van der Waals surface area contributed by atoms with Gasteiger partial charge in [0.05, 0.1) is 13.2 Å². The molecule has 27 heavy (non-hydrogen) atoms. The molecule has 1 fully saturated rings. The average molecular weight is 445 g/mol. The fourth-order valence-corrected chi connectivity index (χ4v) is 2.46. The zero-order valence-electron chi connectivity index (χ0n) is 15.6. The number of halogens is 1. The highest BCUT2D eigenvalue weighted by molar-refractivity contribution is 9.10. The lowest BCUT2D eigenvalue weighted by molar-refractivity contribution is -0.140. The zero-order valence-corrected chi connectivity index (χ0v) is 17.2. The number of aliphatic hydroxyl groups is 1. The first-order valence-corrected chi connectivity index (χ1v) is 9.73. The van der Waals surface area contributed by atoms with Crippen molar-refractivity contribution in [1.82, 2.24) is 10.6 Å². The van der Waals surface area contributed by atoms with Crippen molar-refractivity contribution in [2.45, 2.75) is 44.6 Å². The summed E-state index contributed by atoms with van der Waals surface area (Å²) in [6.45, 7) is -0.319. The van der Waals surface area contributed by atoms with Crippen molar-refractivity contribution in [1.29, 1.82) is 0 Å². The van der Waals surface area contributed by atoms with Crippen molar-refractivity contribution in [2.24, 2.45) is 0 Å². The molecule has 152 valence electrons. The first-order chi connectivity index (χ1) is 13.0. The van der Waals surface area contributed by atoms with Gasteiger partial charge in [-0.1, -0.05) is 54.5 Å². The summed E-state index contributed by atoms with van der Waals surface area (Å²) in [5, 5.41) is 21.3. The highest BCUT2D eigenvalue weighted by Gasteiger charge is 2.11. The number of benzene rings is 1. The number of carbonyl (C=O) groups is 3. The van der Waals surface area contributed by atoms with E-state index in [2.05, 4.69) is 26.6 Å². The lowest BCUT2D eigenvalue weighted by atomic mass is 10.0. The van der Waals surface area contributed by atoms with E-state index in [0.29, 0.717) is 11.8 Å². The lowest BCUT2D eigenvalue weighted by Gasteiger charge is -2.05. The van der Waals surface area contributed by atoms with Gasteiger partial charge in [-0.3, -0.25) is 9.59 Å². The Balaban J connectivity index is 0.000000412. The minimum Gasteiger partial charge on any atom is -0.480 e. The highest BCUT2D eigenvalue weighted by Crippen LogP contribution is 2.15. The van der Waals surface area contributed by atoms with E-state index in [9.17, 15) is 14.4 Å².